The summed E-state index contributed by atoms with van der Waals surface area (Å²) in [6, 6.07) is 0. The maximum Gasteiger partial charge on any atom is 0.319 e. The Hall–Kier alpha value is -1.11. The summed E-state index contributed by atoms with van der Waals surface area (Å²) in [5, 5.41) is 11.4. The molecule has 6 nitrogen and oxygen atoms in total. The van der Waals surface area contributed by atoms with E-state index in [9.17, 15) is 4.79 Å². The number of hydrogen-bond acceptors (Lipinski definition) is 6. The minimum Gasteiger partial charge on any atom is -0.465 e. The Morgan fingerprint density at radius 3 is 3.08 bits per heavy atom. The lowest BCUT2D eigenvalue weighted by Crippen LogP contribution is -2.10. The van der Waals surface area contributed by atoms with Crippen LogP contribution in [0.1, 0.15) is 6.42 Å². The standard InChI is InChI=1S/C6H8N4O2S/c1-10-6(7-8-9-10)13-4-2-3-12-5(4)11/h4H,2-3H2,1H3/t4-/m1/s1. The molecule has 0 spiro atoms. The van der Waals surface area contributed by atoms with Crippen LogP contribution in [0.25, 0.3) is 0 Å². The molecule has 1 aromatic heterocycles. The van der Waals surface area contributed by atoms with Crippen molar-refractivity contribution in [3.05, 3.63) is 0 Å². The summed E-state index contributed by atoms with van der Waals surface area (Å²) in [6.45, 7) is 0.502. The van der Waals surface area contributed by atoms with Crippen LogP contribution in [-0.4, -0.2) is 38.0 Å². The first-order valence-corrected chi connectivity index (χ1v) is 4.71. The van der Waals surface area contributed by atoms with Crippen LogP contribution in [0.15, 0.2) is 5.16 Å². The smallest absolute Gasteiger partial charge is 0.319 e. The van der Waals surface area contributed by atoms with Gasteiger partial charge < -0.3 is 4.74 Å². The molecule has 0 bridgehead atoms. The lowest BCUT2D eigenvalue weighted by Gasteiger charge is -2.01. The fraction of sp³-hybridized carbons (Fsp3) is 0.667. The molecule has 70 valence electrons. The molecule has 1 atom stereocenters. The topological polar surface area (TPSA) is 69.9 Å². The molecule has 0 radical (unpaired) electrons. The zero-order valence-corrected chi connectivity index (χ0v) is 7.82. The van der Waals surface area contributed by atoms with Crippen molar-refractivity contribution in [3.8, 4) is 0 Å². The van der Waals surface area contributed by atoms with Gasteiger partial charge in [0.15, 0.2) is 0 Å². The maximum atomic E-state index is 11.1. The Bertz CT molecular complexity index is 326. The highest BCUT2D eigenvalue weighted by atomic mass is 32.2. The molecular formula is C6H8N4O2S. The van der Waals surface area contributed by atoms with Gasteiger partial charge in [0.25, 0.3) is 0 Å². The number of carbonyl (C=O) groups is 1. The summed E-state index contributed by atoms with van der Waals surface area (Å²) in [5.74, 6) is -0.173. The SMILES string of the molecule is Cn1nnnc1S[C@@H]1CCOC1=O. The molecule has 1 aliphatic heterocycles. The number of cyclic esters (lactones) is 1. The van der Waals surface area contributed by atoms with Crippen molar-refractivity contribution in [1.29, 1.82) is 0 Å². The average Bonchev–Trinajstić information content (AvgIpc) is 2.65. The Labute approximate surface area is 78.6 Å². The second-order valence-electron chi connectivity index (χ2n) is 2.65. The molecule has 2 heterocycles. The molecule has 2 rings (SSSR count). The number of aromatic nitrogens is 4. The van der Waals surface area contributed by atoms with Crippen LogP contribution in [0.5, 0.6) is 0 Å². The zero-order valence-electron chi connectivity index (χ0n) is 7.01. The number of carbonyl (C=O) groups excluding carboxylic acids is 1. The number of thioether (sulfide) groups is 1. The number of rotatable bonds is 2. The van der Waals surface area contributed by atoms with Crippen LogP contribution in [0.4, 0.5) is 0 Å². The van der Waals surface area contributed by atoms with Gasteiger partial charge in [-0.25, -0.2) is 4.68 Å². The molecule has 0 unspecified atom stereocenters. The monoisotopic (exact) mass is 200 g/mol. The summed E-state index contributed by atoms with van der Waals surface area (Å²) in [5.41, 5.74) is 0. The van der Waals surface area contributed by atoms with E-state index in [-0.39, 0.29) is 11.2 Å². The summed E-state index contributed by atoms with van der Waals surface area (Å²) in [6.07, 6.45) is 0.732. The first-order chi connectivity index (χ1) is 6.27. The van der Waals surface area contributed by atoms with Crippen LogP contribution in [0.3, 0.4) is 0 Å². The largest absolute Gasteiger partial charge is 0.465 e. The molecule has 13 heavy (non-hydrogen) atoms. The lowest BCUT2D eigenvalue weighted by atomic mass is 10.4. The third-order valence-corrected chi connectivity index (χ3v) is 2.99. The van der Waals surface area contributed by atoms with Crippen molar-refractivity contribution in [2.24, 2.45) is 7.05 Å². The van der Waals surface area contributed by atoms with E-state index in [1.165, 1.54) is 16.4 Å². The van der Waals surface area contributed by atoms with Crippen LogP contribution in [0, 0.1) is 0 Å². The van der Waals surface area contributed by atoms with Gasteiger partial charge in [0.05, 0.1) is 6.61 Å². The Balaban J connectivity index is 2.06. The number of tetrazole rings is 1. The van der Waals surface area contributed by atoms with Crippen molar-refractivity contribution >= 4 is 17.7 Å². The Kier molecular flexibility index (Phi) is 2.17. The molecule has 7 heteroatoms. The van der Waals surface area contributed by atoms with E-state index >= 15 is 0 Å². The minimum atomic E-state index is -0.173. The molecular weight excluding hydrogens is 192 g/mol. The van der Waals surface area contributed by atoms with Gasteiger partial charge in [0, 0.05) is 13.5 Å². The van der Waals surface area contributed by atoms with Gasteiger partial charge in [-0.05, 0) is 10.4 Å². The van der Waals surface area contributed by atoms with Crippen LogP contribution in [0.2, 0.25) is 0 Å². The molecule has 0 N–H and O–H groups in total. The zero-order chi connectivity index (χ0) is 9.26. The van der Waals surface area contributed by atoms with Crippen molar-refractivity contribution in [2.45, 2.75) is 16.8 Å². The molecule has 0 amide bonds. The highest BCUT2D eigenvalue weighted by Gasteiger charge is 2.29. The van der Waals surface area contributed by atoms with E-state index in [1.807, 2.05) is 0 Å². The predicted octanol–water partition coefficient (Wildman–Crippen LogP) is -0.382. The maximum absolute atomic E-state index is 11.1. The number of aryl methyl sites for hydroxylation is 1. The van der Waals surface area contributed by atoms with Gasteiger partial charge in [0.1, 0.15) is 5.25 Å². The summed E-state index contributed by atoms with van der Waals surface area (Å²) in [4.78, 5) is 11.1. The van der Waals surface area contributed by atoms with Crippen molar-refractivity contribution < 1.29 is 9.53 Å². The first kappa shape index (κ1) is 8.49. The van der Waals surface area contributed by atoms with Crippen molar-refractivity contribution in [3.63, 3.8) is 0 Å². The van der Waals surface area contributed by atoms with E-state index < -0.39 is 0 Å². The molecule has 0 aromatic carbocycles. The summed E-state index contributed by atoms with van der Waals surface area (Å²) in [7, 11) is 1.74. The summed E-state index contributed by atoms with van der Waals surface area (Å²) >= 11 is 1.34. The number of esters is 1. The van der Waals surface area contributed by atoms with E-state index in [0.717, 1.165) is 6.42 Å². The van der Waals surface area contributed by atoms with Gasteiger partial charge in [-0.3, -0.25) is 4.79 Å². The third-order valence-electron chi connectivity index (χ3n) is 1.72. The molecule has 1 fully saturated rings. The second kappa shape index (κ2) is 3.33. The van der Waals surface area contributed by atoms with Gasteiger partial charge in [-0.2, -0.15) is 0 Å². The molecule has 1 aliphatic rings. The van der Waals surface area contributed by atoms with E-state index in [4.69, 9.17) is 4.74 Å². The number of ether oxygens (including phenoxy) is 1. The average molecular weight is 200 g/mol. The summed E-state index contributed by atoms with van der Waals surface area (Å²) < 4.78 is 6.35. The molecule has 1 saturated heterocycles. The predicted molar refractivity (Wildman–Crippen MR) is 44.0 cm³/mol. The fourth-order valence-electron chi connectivity index (χ4n) is 1.03. The fourth-order valence-corrected chi connectivity index (χ4v) is 1.94. The van der Waals surface area contributed by atoms with Crippen LogP contribution in [-0.2, 0) is 16.6 Å². The first-order valence-electron chi connectivity index (χ1n) is 3.83. The second-order valence-corrected chi connectivity index (χ2v) is 3.82. The van der Waals surface area contributed by atoms with Gasteiger partial charge in [-0.15, -0.1) is 5.10 Å². The van der Waals surface area contributed by atoms with Crippen molar-refractivity contribution in [1.82, 2.24) is 20.2 Å². The quantitative estimate of drug-likeness (QED) is 0.606. The van der Waals surface area contributed by atoms with E-state index in [1.54, 1.807) is 7.05 Å². The van der Waals surface area contributed by atoms with Crippen LogP contribution >= 0.6 is 11.8 Å². The van der Waals surface area contributed by atoms with Gasteiger partial charge in [-0.1, -0.05) is 11.8 Å². The highest BCUT2D eigenvalue weighted by Crippen LogP contribution is 2.26. The minimum absolute atomic E-state index is 0.148. The lowest BCUT2D eigenvalue weighted by molar-refractivity contribution is -0.137. The normalized spacial score (nSPS) is 21.9. The molecule has 0 saturated carbocycles. The third kappa shape index (κ3) is 1.64. The Morgan fingerprint density at radius 1 is 1.69 bits per heavy atom. The molecule has 1 aromatic rings. The Morgan fingerprint density at radius 2 is 2.54 bits per heavy atom. The van der Waals surface area contributed by atoms with E-state index in [0.29, 0.717) is 11.8 Å². The number of hydrogen-bond donors (Lipinski definition) is 0. The van der Waals surface area contributed by atoms with Gasteiger partial charge >= 0.3 is 5.97 Å². The van der Waals surface area contributed by atoms with E-state index in [2.05, 4.69) is 15.5 Å². The highest BCUT2D eigenvalue weighted by molar-refractivity contribution is 8.00. The van der Waals surface area contributed by atoms with Gasteiger partial charge in [0.2, 0.25) is 5.16 Å². The van der Waals surface area contributed by atoms with Crippen molar-refractivity contribution in [2.75, 3.05) is 6.61 Å². The molecule has 0 aliphatic carbocycles. The van der Waals surface area contributed by atoms with Crippen LogP contribution < -0.4 is 0 Å². The number of nitrogens with zero attached hydrogens (tertiary/aromatic N) is 4.